The monoisotopic (exact) mass is 379 g/mol. The molecule has 3 aromatic carbocycles. The molecule has 0 aromatic heterocycles. The third kappa shape index (κ3) is 3.76. The summed E-state index contributed by atoms with van der Waals surface area (Å²) >= 11 is 3.76. The second-order valence-corrected chi connectivity index (χ2v) is 8.33. The van der Waals surface area contributed by atoms with Crippen molar-refractivity contribution < 1.29 is 0 Å². The van der Waals surface area contributed by atoms with Crippen LogP contribution in [-0.4, -0.2) is 8.41 Å². The molecule has 0 saturated heterocycles. The number of hydrogen-bond acceptors (Lipinski definition) is 0. The van der Waals surface area contributed by atoms with Gasteiger partial charge in [0, 0.05) is 12.9 Å². The van der Waals surface area contributed by atoms with Gasteiger partial charge in [0.05, 0.1) is 0 Å². The molecule has 0 N–H and O–H groups in total. The quantitative estimate of drug-likeness (QED) is 0.466. The summed E-state index contributed by atoms with van der Waals surface area (Å²) in [5, 5.41) is 4.23. The number of benzene rings is 3. The molecule has 3 rings (SSSR count). The fourth-order valence-electron chi connectivity index (χ4n) is 2.65. The van der Waals surface area contributed by atoms with Gasteiger partial charge in [-0.15, -0.1) is 0 Å². The van der Waals surface area contributed by atoms with E-state index in [-0.39, 0.29) is 8.41 Å². The Balaban J connectivity index is 0.00000192. The largest absolute Gasteiger partial charge is 0.0620 e. The van der Waals surface area contributed by atoms with Crippen LogP contribution < -0.4 is 15.9 Å². The highest BCUT2D eigenvalue weighted by Crippen LogP contribution is 2.37. The number of aryl methyl sites for hydroxylation is 2. The van der Waals surface area contributed by atoms with E-state index in [1.807, 2.05) is 0 Å². The molecule has 0 aliphatic carbocycles. The van der Waals surface area contributed by atoms with Crippen molar-refractivity contribution in [2.75, 3.05) is 0 Å². The van der Waals surface area contributed by atoms with Gasteiger partial charge in [0.2, 0.25) is 0 Å². The molecule has 0 heterocycles. The van der Waals surface area contributed by atoms with Gasteiger partial charge in [-0.05, 0) is 54.9 Å². The Bertz CT molecular complexity index is 693. The van der Waals surface area contributed by atoms with Crippen molar-refractivity contribution in [1.29, 1.82) is 0 Å². The van der Waals surface area contributed by atoms with Crippen molar-refractivity contribution in [1.82, 2.24) is 0 Å². The average molecular weight is 380 g/mol. The molecule has 3 aromatic rings. The minimum Gasteiger partial charge on any atom is -0.0620 e. The molecule has 3 heteroatoms. The lowest BCUT2D eigenvalue weighted by Crippen LogP contribution is -2.24. The standard InChI is InChI=1S/C20H18BrP.B/c1-15-9-3-6-12-18(15)22(19-13-7-4-10-16(19)2)20-14-8-5-11-17(20)21;/h3-14H,1-2H3;. The number of rotatable bonds is 3. The van der Waals surface area contributed by atoms with Crippen LogP contribution in [0.15, 0.2) is 77.3 Å². The number of halogens is 1. The molecule has 0 bridgehead atoms. The smallest absolute Gasteiger partial charge is 0.0258 e. The first-order valence-electron chi connectivity index (χ1n) is 7.34. The minimum absolute atomic E-state index is 0. The zero-order valence-electron chi connectivity index (χ0n) is 13.3. The van der Waals surface area contributed by atoms with Gasteiger partial charge >= 0.3 is 0 Å². The Labute approximate surface area is 150 Å². The molecule has 0 atom stereocenters. The van der Waals surface area contributed by atoms with Gasteiger partial charge < -0.3 is 0 Å². The van der Waals surface area contributed by atoms with Crippen LogP contribution in [0.2, 0.25) is 0 Å². The van der Waals surface area contributed by atoms with Gasteiger partial charge in [-0.2, -0.15) is 0 Å². The van der Waals surface area contributed by atoms with Gasteiger partial charge in [0.25, 0.3) is 0 Å². The van der Waals surface area contributed by atoms with Crippen LogP contribution in [0.25, 0.3) is 0 Å². The van der Waals surface area contributed by atoms with E-state index >= 15 is 0 Å². The summed E-state index contributed by atoms with van der Waals surface area (Å²) in [7, 11) is -0.555. The first-order chi connectivity index (χ1) is 10.7. The molecule has 0 nitrogen and oxygen atoms in total. The lowest BCUT2D eigenvalue weighted by Gasteiger charge is -2.23. The van der Waals surface area contributed by atoms with Gasteiger partial charge in [0.1, 0.15) is 0 Å². The Morgan fingerprint density at radius 3 is 1.43 bits per heavy atom. The van der Waals surface area contributed by atoms with E-state index in [1.165, 1.54) is 31.5 Å². The van der Waals surface area contributed by atoms with Gasteiger partial charge in [0.15, 0.2) is 0 Å². The van der Waals surface area contributed by atoms with Crippen LogP contribution in [0.1, 0.15) is 11.1 Å². The molecular weight excluding hydrogens is 362 g/mol. The summed E-state index contributed by atoms with van der Waals surface area (Å²) < 4.78 is 1.19. The summed E-state index contributed by atoms with van der Waals surface area (Å²) in [5.41, 5.74) is 2.71. The van der Waals surface area contributed by atoms with Crippen molar-refractivity contribution in [2.45, 2.75) is 13.8 Å². The number of hydrogen-bond donors (Lipinski definition) is 0. The lowest BCUT2D eigenvalue weighted by molar-refractivity contribution is 1.50. The van der Waals surface area contributed by atoms with Gasteiger partial charge in [-0.1, -0.05) is 82.7 Å². The Hall–Kier alpha value is -1.37. The fourth-order valence-corrected chi connectivity index (χ4v) is 6.09. The van der Waals surface area contributed by atoms with E-state index in [0.717, 1.165) is 0 Å². The molecule has 0 spiro atoms. The highest BCUT2D eigenvalue weighted by molar-refractivity contribution is 9.10. The highest BCUT2D eigenvalue weighted by Gasteiger charge is 2.21. The second kappa shape index (κ2) is 7.95. The zero-order chi connectivity index (χ0) is 15.5. The molecule has 0 aliphatic heterocycles. The highest BCUT2D eigenvalue weighted by atomic mass is 79.9. The first kappa shape index (κ1) is 18.0. The van der Waals surface area contributed by atoms with E-state index in [2.05, 4.69) is 103 Å². The Morgan fingerprint density at radius 1 is 0.609 bits per heavy atom. The maximum absolute atomic E-state index is 3.76. The van der Waals surface area contributed by atoms with Crippen LogP contribution in [0, 0.1) is 13.8 Å². The van der Waals surface area contributed by atoms with Crippen LogP contribution in [0.5, 0.6) is 0 Å². The summed E-state index contributed by atoms with van der Waals surface area (Å²) in [4.78, 5) is 0. The molecule has 3 radical (unpaired) electrons. The lowest BCUT2D eigenvalue weighted by atomic mass is 10.2. The van der Waals surface area contributed by atoms with Crippen molar-refractivity contribution in [3.05, 3.63) is 88.4 Å². The average Bonchev–Trinajstić information content (AvgIpc) is 2.53. The topological polar surface area (TPSA) is 0 Å². The maximum Gasteiger partial charge on any atom is 0.0258 e. The van der Waals surface area contributed by atoms with E-state index in [9.17, 15) is 0 Å². The van der Waals surface area contributed by atoms with Crippen molar-refractivity contribution >= 4 is 48.2 Å². The van der Waals surface area contributed by atoms with Crippen LogP contribution in [-0.2, 0) is 0 Å². The third-order valence-corrected chi connectivity index (χ3v) is 7.64. The van der Waals surface area contributed by atoms with Crippen molar-refractivity contribution in [2.24, 2.45) is 0 Å². The van der Waals surface area contributed by atoms with Crippen molar-refractivity contribution in [3.8, 4) is 0 Å². The summed E-state index contributed by atoms with van der Waals surface area (Å²) in [6, 6.07) is 26.1. The Morgan fingerprint density at radius 2 is 1.00 bits per heavy atom. The second-order valence-electron chi connectivity index (χ2n) is 5.36. The molecule has 0 aliphatic rings. The van der Waals surface area contributed by atoms with Gasteiger partial charge in [-0.25, -0.2) is 0 Å². The molecule has 113 valence electrons. The van der Waals surface area contributed by atoms with Crippen LogP contribution in [0.4, 0.5) is 0 Å². The van der Waals surface area contributed by atoms with E-state index in [0.29, 0.717) is 0 Å². The van der Waals surface area contributed by atoms with Gasteiger partial charge in [-0.3, -0.25) is 0 Å². The fraction of sp³-hybridized carbons (Fsp3) is 0.100. The van der Waals surface area contributed by atoms with Crippen molar-refractivity contribution in [3.63, 3.8) is 0 Å². The summed E-state index contributed by atoms with van der Waals surface area (Å²) in [6.07, 6.45) is 0. The normalized spacial score (nSPS) is 10.4. The molecule has 0 amide bonds. The first-order valence-corrected chi connectivity index (χ1v) is 9.48. The zero-order valence-corrected chi connectivity index (χ0v) is 15.8. The molecule has 0 saturated carbocycles. The molecule has 0 unspecified atom stereocenters. The maximum atomic E-state index is 3.76. The predicted octanol–water partition coefficient (Wildman–Crippen LogP) is 4.44. The Kier molecular flexibility index (Phi) is 6.21. The van der Waals surface area contributed by atoms with E-state index in [4.69, 9.17) is 0 Å². The summed E-state index contributed by atoms with van der Waals surface area (Å²) in [5.74, 6) is 0. The third-order valence-electron chi connectivity index (χ3n) is 3.81. The van der Waals surface area contributed by atoms with Crippen LogP contribution in [0.3, 0.4) is 0 Å². The molecular formula is C20H18BBrP. The summed E-state index contributed by atoms with van der Waals surface area (Å²) in [6.45, 7) is 4.42. The van der Waals surface area contributed by atoms with E-state index in [1.54, 1.807) is 0 Å². The minimum atomic E-state index is -0.555. The molecule has 0 fully saturated rings. The van der Waals surface area contributed by atoms with E-state index < -0.39 is 7.92 Å². The predicted molar refractivity (Wildman–Crippen MR) is 108 cm³/mol. The molecule has 23 heavy (non-hydrogen) atoms. The SMILES string of the molecule is Cc1ccccc1P(c1ccccc1C)c1ccccc1Br.[B]. The van der Waals surface area contributed by atoms with Crippen LogP contribution >= 0.6 is 23.9 Å².